The molecule has 0 saturated heterocycles. The van der Waals surface area contributed by atoms with Crippen molar-refractivity contribution in [1.82, 2.24) is 0 Å². The lowest BCUT2D eigenvalue weighted by Crippen LogP contribution is -2.21. The van der Waals surface area contributed by atoms with E-state index >= 15 is 0 Å². The highest BCUT2D eigenvalue weighted by molar-refractivity contribution is 5.86. The van der Waals surface area contributed by atoms with Gasteiger partial charge in [0.2, 0.25) is 0 Å². The molecule has 0 amide bonds. The molecule has 0 aromatic heterocycles. The maximum absolute atomic E-state index is 8.76. The van der Waals surface area contributed by atoms with Crippen LogP contribution in [0.15, 0.2) is 28.5 Å². The summed E-state index contributed by atoms with van der Waals surface area (Å²) in [6, 6.07) is 2.13. The van der Waals surface area contributed by atoms with Crippen LogP contribution in [0.1, 0.15) is 0 Å². The third kappa shape index (κ3) is 1.02. The SMILES string of the molecule is N#CC1=C2C=COCC2CN=C1. The maximum Gasteiger partial charge on any atom is 0.101 e. The van der Waals surface area contributed by atoms with Gasteiger partial charge in [-0.1, -0.05) is 0 Å². The van der Waals surface area contributed by atoms with Crippen LogP contribution in [-0.2, 0) is 4.74 Å². The molecular weight excluding hydrogens is 152 g/mol. The molecule has 2 rings (SSSR count). The summed E-state index contributed by atoms with van der Waals surface area (Å²) in [4.78, 5) is 4.09. The largest absolute Gasteiger partial charge is 0.500 e. The van der Waals surface area contributed by atoms with E-state index in [1.807, 2.05) is 6.08 Å². The van der Waals surface area contributed by atoms with Gasteiger partial charge in [0.25, 0.3) is 0 Å². The molecule has 3 heteroatoms. The second-order valence-electron chi connectivity index (χ2n) is 2.81. The average Bonchev–Trinajstić information content (AvgIpc) is 2.17. The Morgan fingerprint density at radius 1 is 1.67 bits per heavy atom. The lowest BCUT2D eigenvalue weighted by Gasteiger charge is -2.22. The summed E-state index contributed by atoms with van der Waals surface area (Å²) in [7, 11) is 0. The van der Waals surface area contributed by atoms with Crippen molar-refractivity contribution in [2.24, 2.45) is 10.9 Å². The van der Waals surface area contributed by atoms with E-state index in [1.54, 1.807) is 12.5 Å². The number of fused-ring (bicyclic) bond motifs is 1. The molecule has 0 aromatic carbocycles. The quantitative estimate of drug-likeness (QED) is 0.531. The minimum Gasteiger partial charge on any atom is -0.500 e. The molecule has 0 aliphatic carbocycles. The van der Waals surface area contributed by atoms with Crippen LogP contribution in [0.4, 0.5) is 0 Å². The Morgan fingerprint density at radius 2 is 2.58 bits per heavy atom. The highest BCUT2D eigenvalue weighted by Crippen LogP contribution is 2.23. The lowest BCUT2D eigenvalue weighted by atomic mass is 9.92. The van der Waals surface area contributed by atoms with E-state index in [1.165, 1.54) is 0 Å². The molecule has 2 aliphatic rings. The summed E-state index contributed by atoms with van der Waals surface area (Å²) in [5, 5.41) is 8.76. The van der Waals surface area contributed by atoms with Gasteiger partial charge in [-0.05, 0) is 11.6 Å². The molecule has 3 nitrogen and oxygen atoms in total. The Bertz CT molecular complexity index is 320. The van der Waals surface area contributed by atoms with Crippen molar-refractivity contribution >= 4 is 6.21 Å². The molecule has 0 aromatic rings. The van der Waals surface area contributed by atoms with Crippen LogP contribution in [0.5, 0.6) is 0 Å². The van der Waals surface area contributed by atoms with Crippen molar-refractivity contribution in [3.8, 4) is 6.07 Å². The molecule has 0 bridgehead atoms. The molecule has 2 heterocycles. The van der Waals surface area contributed by atoms with Gasteiger partial charge in [-0.25, -0.2) is 0 Å². The number of nitrogens with zero attached hydrogens (tertiary/aromatic N) is 2. The third-order valence-electron chi connectivity index (χ3n) is 2.06. The van der Waals surface area contributed by atoms with Gasteiger partial charge in [-0.2, -0.15) is 5.26 Å². The molecule has 60 valence electrons. The van der Waals surface area contributed by atoms with Crippen molar-refractivity contribution in [2.75, 3.05) is 13.2 Å². The summed E-state index contributed by atoms with van der Waals surface area (Å²) in [5.41, 5.74) is 1.74. The Labute approximate surface area is 70.7 Å². The van der Waals surface area contributed by atoms with E-state index < -0.39 is 0 Å². The fraction of sp³-hybridized carbons (Fsp3) is 0.333. The van der Waals surface area contributed by atoms with Crippen LogP contribution in [0, 0.1) is 17.2 Å². The second-order valence-corrected chi connectivity index (χ2v) is 2.81. The van der Waals surface area contributed by atoms with Crippen LogP contribution in [0.3, 0.4) is 0 Å². The van der Waals surface area contributed by atoms with Crippen molar-refractivity contribution in [1.29, 1.82) is 5.26 Å². The first kappa shape index (κ1) is 7.11. The standard InChI is InChI=1S/C9H8N2O/c10-3-7-4-11-5-8-6-12-2-1-9(7)8/h1-2,4,8H,5-6H2. The van der Waals surface area contributed by atoms with Crippen molar-refractivity contribution in [3.05, 3.63) is 23.5 Å². The van der Waals surface area contributed by atoms with E-state index in [9.17, 15) is 0 Å². The first-order valence-electron chi connectivity index (χ1n) is 3.84. The van der Waals surface area contributed by atoms with Crippen molar-refractivity contribution < 1.29 is 4.74 Å². The predicted molar refractivity (Wildman–Crippen MR) is 44.6 cm³/mol. The summed E-state index contributed by atoms with van der Waals surface area (Å²) < 4.78 is 5.13. The number of aliphatic imine (C=N–C) groups is 1. The molecule has 0 N–H and O–H groups in total. The zero-order valence-corrected chi connectivity index (χ0v) is 6.53. The number of ether oxygens (including phenoxy) is 1. The summed E-state index contributed by atoms with van der Waals surface area (Å²) in [5.74, 6) is 0.287. The van der Waals surface area contributed by atoms with Gasteiger partial charge in [0.05, 0.1) is 18.4 Å². The lowest BCUT2D eigenvalue weighted by molar-refractivity contribution is 0.202. The highest BCUT2D eigenvalue weighted by Gasteiger charge is 2.21. The number of dihydropyridines is 1. The van der Waals surface area contributed by atoms with E-state index in [4.69, 9.17) is 10.00 Å². The van der Waals surface area contributed by atoms with Gasteiger partial charge in [0.1, 0.15) is 6.07 Å². The number of allylic oxidation sites excluding steroid dienone is 2. The summed E-state index contributed by atoms with van der Waals surface area (Å²) in [6.07, 6.45) is 5.14. The number of rotatable bonds is 0. The van der Waals surface area contributed by atoms with Gasteiger partial charge in [0.15, 0.2) is 0 Å². The molecular formula is C9H8N2O. The van der Waals surface area contributed by atoms with Crippen LogP contribution < -0.4 is 0 Å². The average molecular weight is 160 g/mol. The Kier molecular flexibility index (Phi) is 1.67. The fourth-order valence-corrected chi connectivity index (χ4v) is 1.42. The summed E-state index contributed by atoms with van der Waals surface area (Å²) in [6.45, 7) is 1.39. The van der Waals surface area contributed by atoms with Crippen LogP contribution in [0.25, 0.3) is 0 Å². The monoisotopic (exact) mass is 160 g/mol. The molecule has 1 atom stereocenters. The van der Waals surface area contributed by atoms with Gasteiger partial charge in [-0.3, -0.25) is 4.99 Å². The molecule has 0 spiro atoms. The van der Waals surface area contributed by atoms with Crippen LogP contribution in [0.2, 0.25) is 0 Å². The van der Waals surface area contributed by atoms with Gasteiger partial charge < -0.3 is 4.74 Å². The molecule has 0 saturated carbocycles. The highest BCUT2D eigenvalue weighted by atomic mass is 16.5. The third-order valence-corrected chi connectivity index (χ3v) is 2.06. The smallest absolute Gasteiger partial charge is 0.101 e. The normalized spacial score (nSPS) is 26.1. The van der Waals surface area contributed by atoms with Crippen molar-refractivity contribution in [2.45, 2.75) is 0 Å². The number of hydrogen-bond acceptors (Lipinski definition) is 3. The second kappa shape index (κ2) is 2.82. The van der Waals surface area contributed by atoms with E-state index in [0.29, 0.717) is 12.2 Å². The zero-order valence-electron chi connectivity index (χ0n) is 6.53. The van der Waals surface area contributed by atoms with Gasteiger partial charge in [-0.15, -0.1) is 0 Å². The van der Waals surface area contributed by atoms with E-state index in [-0.39, 0.29) is 5.92 Å². The van der Waals surface area contributed by atoms with Crippen LogP contribution in [-0.4, -0.2) is 19.4 Å². The number of hydrogen-bond donors (Lipinski definition) is 0. The van der Waals surface area contributed by atoms with Gasteiger partial charge in [0, 0.05) is 18.7 Å². The molecule has 1 unspecified atom stereocenters. The number of nitriles is 1. The van der Waals surface area contributed by atoms with Crippen LogP contribution >= 0.6 is 0 Å². The first-order valence-corrected chi connectivity index (χ1v) is 3.84. The Morgan fingerprint density at radius 3 is 3.42 bits per heavy atom. The summed E-state index contributed by atoms with van der Waals surface area (Å²) >= 11 is 0. The molecule has 0 fully saturated rings. The van der Waals surface area contributed by atoms with E-state index in [0.717, 1.165) is 12.1 Å². The fourth-order valence-electron chi connectivity index (χ4n) is 1.42. The van der Waals surface area contributed by atoms with Crippen molar-refractivity contribution in [3.63, 3.8) is 0 Å². The Hall–Kier alpha value is -1.56. The van der Waals surface area contributed by atoms with E-state index in [2.05, 4.69) is 11.1 Å². The molecule has 2 aliphatic heterocycles. The topological polar surface area (TPSA) is 45.4 Å². The minimum atomic E-state index is 0.287. The Balaban J connectivity index is 2.44. The predicted octanol–water partition coefficient (Wildman–Crippen LogP) is 1.05. The molecule has 12 heavy (non-hydrogen) atoms. The maximum atomic E-state index is 8.76. The first-order chi connectivity index (χ1) is 5.92. The zero-order chi connectivity index (χ0) is 8.39. The molecule has 0 radical (unpaired) electrons. The van der Waals surface area contributed by atoms with Gasteiger partial charge >= 0.3 is 0 Å². The minimum absolute atomic E-state index is 0.287.